The summed E-state index contributed by atoms with van der Waals surface area (Å²) in [6.45, 7) is 6.53. The molecule has 0 atom stereocenters. The summed E-state index contributed by atoms with van der Waals surface area (Å²) in [4.78, 5) is 0.705. The second kappa shape index (κ2) is 20.1. The van der Waals surface area contributed by atoms with Gasteiger partial charge in [0.2, 0.25) is 0 Å². The van der Waals surface area contributed by atoms with Crippen LogP contribution in [0.2, 0.25) is 25.1 Å². The van der Waals surface area contributed by atoms with Gasteiger partial charge in [0.1, 0.15) is 0 Å². The fourth-order valence-corrected chi connectivity index (χ4v) is 6.36. The van der Waals surface area contributed by atoms with Gasteiger partial charge in [-0.15, -0.1) is 0 Å². The molecule has 1 nitrogen and oxygen atoms in total. The molecule has 0 radical (unpaired) electrons. The van der Waals surface area contributed by atoms with Gasteiger partial charge >= 0.3 is 0 Å². The van der Waals surface area contributed by atoms with E-state index in [0.29, 0.717) is 14.9 Å². The Bertz CT molecular complexity index is 607. The highest BCUT2D eigenvalue weighted by atomic mass is 35.5. The maximum Gasteiger partial charge on any atom is 0.0809 e. The van der Waals surface area contributed by atoms with Crippen LogP contribution in [-0.4, -0.2) is 17.4 Å². The van der Waals surface area contributed by atoms with E-state index in [0.717, 1.165) is 13.1 Å². The van der Waals surface area contributed by atoms with Gasteiger partial charge in [-0.3, -0.25) is 0 Å². The van der Waals surface area contributed by atoms with E-state index < -0.39 is 0 Å². The monoisotopic (exact) mass is 575 g/mol. The van der Waals surface area contributed by atoms with Crippen LogP contribution < -0.4 is 0 Å². The molecular formula is C26H42Cl5NS. The smallest absolute Gasteiger partial charge is 0.0809 e. The molecule has 0 N–H and O–H groups in total. The van der Waals surface area contributed by atoms with Crippen LogP contribution in [0.1, 0.15) is 117 Å². The highest BCUT2D eigenvalue weighted by Crippen LogP contribution is 2.48. The Morgan fingerprint density at radius 1 is 0.455 bits per heavy atom. The predicted molar refractivity (Wildman–Crippen MR) is 154 cm³/mol. The summed E-state index contributed by atoms with van der Waals surface area (Å²) >= 11 is 33.3. The largest absolute Gasteiger partial charge is 0.246 e. The van der Waals surface area contributed by atoms with Gasteiger partial charge in [-0.2, -0.15) is 0 Å². The topological polar surface area (TPSA) is 3.24 Å². The quantitative estimate of drug-likeness (QED) is 0.0656. The molecule has 0 aliphatic heterocycles. The van der Waals surface area contributed by atoms with Crippen molar-refractivity contribution >= 4 is 70.0 Å². The van der Waals surface area contributed by atoms with Gasteiger partial charge in [0.05, 0.1) is 30.0 Å². The van der Waals surface area contributed by atoms with Crippen molar-refractivity contribution in [1.82, 2.24) is 4.31 Å². The lowest BCUT2D eigenvalue weighted by molar-refractivity contribution is 0.423. The van der Waals surface area contributed by atoms with Gasteiger partial charge < -0.3 is 0 Å². The fourth-order valence-electron chi connectivity index (χ4n) is 3.84. The predicted octanol–water partition coefficient (Wildman–Crippen LogP) is 12.5. The molecule has 0 unspecified atom stereocenters. The molecule has 0 aromatic heterocycles. The molecule has 1 aromatic carbocycles. The summed E-state index contributed by atoms with van der Waals surface area (Å²) in [6, 6.07) is 0. The van der Waals surface area contributed by atoms with Crippen molar-refractivity contribution in [3.05, 3.63) is 25.1 Å². The van der Waals surface area contributed by atoms with Crippen LogP contribution >= 0.6 is 70.0 Å². The highest BCUT2D eigenvalue weighted by molar-refractivity contribution is 7.97. The first-order chi connectivity index (χ1) is 15.9. The van der Waals surface area contributed by atoms with Crippen LogP contribution in [0.25, 0.3) is 0 Å². The van der Waals surface area contributed by atoms with Gasteiger partial charge in [0.25, 0.3) is 0 Å². The zero-order valence-electron chi connectivity index (χ0n) is 20.5. The molecular weight excluding hydrogens is 536 g/mol. The molecule has 0 saturated carbocycles. The molecule has 1 aromatic rings. The van der Waals surface area contributed by atoms with Crippen LogP contribution in [0.3, 0.4) is 0 Å². The Kier molecular flexibility index (Phi) is 19.5. The Morgan fingerprint density at radius 2 is 0.758 bits per heavy atom. The highest BCUT2D eigenvalue weighted by Gasteiger charge is 2.22. The summed E-state index contributed by atoms with van der Waals surface area (Å²) in [5.74, 6) is 0. The Morgan fingerprint density at radius 3 is 1.12 bits per heavy atom. The zero-order valence-corrected chi connectivity index (χ0v) is 25.1. The molecule has 1 rings (SSSR count). The molecule has 0 aliphatic carbocycles. The van der Waals surface area contributed by atoms with Crippen molar-refractivity contribution in [3.8, 4) is 0 Å². The lowest BCUT2D eigenvalue weighted by Gasteiger charge is -2.23. The first kappa shape index (κ1) is 32.0. The number of rotatable bonds is 20. The number of hydrogen-bond donors (Lipinski definition) is 0. The molecule has 0 amide bonds. The Labute approximate surface area is 232 Å². The van der Waals surface area contributed by atoms with E-state index >= 15 is 0 Å². The van der Waals surface area contributed by atoms with E-state index in [1.807, 2.05) is 0 Å². The minimum Gasteiger partial charge on any atom is -0.246 e. The molecule has 192 valence electrons. The first-order valence-corrected chi connectivity index (χ1v) is 15.5. The molecule has 0 aliphatic rings. The number of hydrogen-bond acceptors (Lipinski definition) is 2. The number of unbranched alkanes of at least 4 members (excludes halogenated alkanes) is 14. The SMILES string of the molecule is CCCCCCCCCCN(CCCCCCCCCC)Sc1c(Cl)c(Cl)c(Cl)c(Cl)c1Cl. The molecule has 33 heavy (non-hydrogen) atoms. The van der Waals surface area contributed by atoms with Gasteiger partial charge in [0, 0.05) is 13.1 Å². The lowest BCUT2D eigenvalue weighted by Crippen LogP contribution is -2.19. The number of nitrogens with zero attached hydrogens (tertiary/aromatic N) is 1. The van der Waals surface area contributed by atoms with E-state index in [2.05, 4.69) is 18.2 Å². The first-order valence-electron chi connectivity index (χ1n) is 12.9. The molecule has 0 heterocycles. The third kappa shape index (κ3) is 13.2. The van der Waals surface area contributed by atoms with Crippen LogP contribution in [0.4, 0.5) is 0 Å². The summed E-state index contributed by atoms with van der Waals surface area (Å²) in [5.41, 5.74) is 0. The van der Waals surface area contributed by atoms with Crippen molar-refractivity contribution in [1.29, 1.82) is 0 Å². The van der Waals surface area contributed by atoms with Crippen molar-refractivity contribution in [3.63, 3.8) is 0 Å². The summed E-state index contributed by atoms with van der Waals surface area (Å²) in [7, 11) is 0. The number of benzene rings is 1. The second-order valence-electron chi connectivity index (χ2n) is 8.87. The van der Waals surface area contributed by atoms with Crippen LogP contribution in [0.15, 0.2) is 4.90 Å². The normalized spacial score (nSPS) is 11.6. The maximum absolute atomic E-state index is 6.50. The third-order valence-corrected chi connectivity index (χ3v) is 9.63. The Balaban J connectivity index is 2.57. The summed E-state index contributed by atoms with van der Waals surface area (Å²) in [5, 5.41) is 1.54. The molecule has 0 spiro atoms. The number of halogens is 5. The van der Waals surface area contributed by atoms with Gasteiger partial charge in [-0.25, -0.2) is 4.31 Å². The van der Waals surface area contributed by atoms with E-state index in [-0.39, 0.29) is 15.1 Å². The van der Waals surface area contributed by atoms with Crippen molar-refractivity contribution in [2.45, 2.75) is 121 Å². The summed E-state index contributed by atoms with van der Waals surface area (Å²) in [6.07, 6.45) is 20.9. The van der Waals surface area contributed by atoms with Gasteiger partial charge in [-0.1, -0.05) is 162 Å². The Hall–Kier alpha value is 0.980. The molecule has 0 fully saturated rings. The van der Waals surface area contributed by atoms with E-state index in [9.17, 15) is 0 Å². The maximum atomic E-state index is 6.50. The third-order valence-electron chi connectivity index (χ3n) is 5.91. The lowest BCUT2D eigenvalue weighted by atomic mass is 10.1. The summed E-state index contributed by atoms with van der Waals surface area (Å²) < 4.78 is 2.38. The van der Waals surface area contributed by atoms with Gasteiger partial charge in [0.15, 0.2) is 0 Å². The minimum atomic E-state index is 0.218. The molecule has 0 bridgehead atoms. The van der Waals surface area contributed by atoms with E-state index in [1.54, 1.807) is 11.9 Å². The van der Waals surface area contributed by atoms with E-state index in [1.165, 1.54) is 103 Å². The van der Waals surface area contributed by atoms with E-state index in [4.69, 9.17) is 58.0 Å². The standard InChI is InChI=1S/C26H42Cl5NS/c1-3-5-7-9-11-13-15-17-19-32(20-18-16-14-12-10-8-6-4-2)33-26-24(30)22(28)21(27)23(29)25(26)31/h3-20H2,1-2H3. The van der Waals surface area contributed by atoms with Crippen LogP contribution in [-0.2, 0) is 0 Å². The molecule has 7 heteroatoms. The average molecular weight is 578 g/mol. The minimum absolute atomic E-state index is 0.218. The zero-order chi connectivity index (χ0) is 24.5. The van der Waals surface area contributed by atoms with Crippen LogP contribution in [0.5, 0.6) is 0 Å². The van der Waals surface area contributed by atoms with Crippen molar-refractivity contribution < 1.29 is 0 Å². The van der Waals surface area contributed by atoms with Crippen molar-refractivity contribution in [2.75, 3.05) is 13.1 Å². The average Bonchev–Trinajstić information content (AvgIpc) is 2.82. The van der Waals surface area contributed by atoms with Gasteiger partial charge in [-0.05, 0) is 24.8 Å². The second-order valence-corrected chi connectivity index (χ2v) is 11.9. The van der Waals surface area contributed by atoms with Crippen LogP contribution in [0, 0.1) is 0 Å². The van der Waals surface area contributed by atoms with Crippen molar-refractivity contribution in [2.24, 2.45) is 0 Å². The molecule has 0 saturated heterocycles. The fraction of sp³-hybridized carbons (Fsp3) is 0.769.